The van der Waals surface area contributed by atoms with Crippen molar-refractivity contribution in [2.45, 2.75) is 11.3 Å². The molecule has 1 amide bonds. The number of benzene rings is 2. The number of aromatic nitrogens is 1. The number of amides is 1. The molecule has 3 rings (SSSR count). The molecule has 0 aliphatic rings. The fourth-order valence-corrected chi connectivity index (χ4v) is 3.14. The van der Waals surface area contributed by atoms with E-state index in [0.29, 0.717) is 12.2 Å². The van der Waals surface area contributed by atoms with Crippen LogP contribution in [0.25, 0.3) is 10.9 Å². The lowest BCUT2D eigenvalue weighted by Crippen LogP contribution is -2.25. The predicted molar refractivity (Wildman–Crippen MR) is 92.4 cm³/mol. The summed E-state index contributed by atoms with van der Waals surface area (Å²) in [5, 5.41) is 3.94. The number of thioether (sulfide) groups is 1. The molecule has 0 aliphatic carbocycles. The number of H-pyrrole nitrogens is 1. The highest BCUT2D eigenvalue weighted by Crippen LogP contribution is 2.18. The first-order chi connectivity index (χ1) is 11.2. The van der Waals surface area contributed by atoms with Crippen molar-refractivity contribution in [3.05, 3.63) is 66.1 Å². The molecule has 3 nitrogen and oxygen atoms in total. The van der Waals surface area contributed by atoms with Gasteiger partial charge in [0, 0.05) is 22.3 Å². The van der Waals surface area contributed by atoms with Gasteiger partial charge in [0.2, 0.25) is 0 Å². The molecule has 2 N–H and O–H groups in total. The Morgan fingerprint density at radius 2 is 1.91 bits per heavy atom. The van der Waals surface area contributed by atoms with E-state index in [4.69, 9.17) is 0 Å². The molecular formula is C18H17FN2OS. The molecule has 0 radical (unpaired) electrons. The molecule has 1 heterocycles. The number of carbonyl (C=O) groups excluding carboxylic acids is 1. The highest BCUT2D eigenvalue weighted by Gasteiger charge is 2.08. The van der Waals surface area contributed by atoms with E-state index in [9.17, 15) is 9.18 Å². The maximum Gasteiger partial charge on any atom is 0.267 e. The number of rotatable bonds is 6. The Morgan fingerprint density at radius 1 is 1.13 bits per heavy atom. The summed E-state index contributed by atoms with van der Waals surface area (Å²) in [5.74, 6) is 0.562. The van der Waals surface area contributed by atoms with E-state index in [1.807, 2.05) is 30.3 Å². The van der Waals surface area contributed by atoms with Gasteiger partial charge in [0.05, 0.1) is 0 Å². The molecule has 0 unspecified atom stereocenters. The number of carbonyl (C=O) groups is 1. The number of hydrogen-bond donors (Lipinski definition) is 2. The number of fused-ring (bicyclic) bond motifs is 1. The second-order valence-electron chi connectivity index (χ2n) is 5.18. The van der Waals surface area contributed by atoms with Crippen LogP contribution in [0.2, 0.25) is 0 Å². The topological polar surface area (TPSA) is 44.9 Å². The van der Waals surface area contributed by atoms with Crippen molar-refractivity contribution in [3.63, 3.8) is 0 Å². The summed E-state index contributed by atoms with van der Waals surface area (Å²) >= 11 is 1.65. The van der Waals surface area contributed by atoms with Crippen LogP contribution in [0.15, 0.2) is 59.5 Å². The van der Waals surface area contributed by atoms with Crippen LogP contribution in [0, 0.1) is 5.82 Å². The van der Waals surface area contributed by atoms with Crippen molar-refractivity contribution in [1.29, 1.82) is 0 Å². The molecule has 1 aromatic heterocycles. The van der Waals surface area contributed by atoms with Gasteiger partial charge in [-0.05, 0) is 48.6 Å². The molecular weight excluding hydrogens is 311 g/mol. The molecule has 0 bridgehead atoms. The van der Waals surface area contributed by atoms with Gasteiger partial charge in [-0.15, -0.1) is 11.8 Å². The van der Waals surface area contributed by atoms with Crippen molar-refractivity contribution >= 4 is 28.6 Å². The normalized spacial score (nSPS) is 10.8. The Morgan fingerprint density at radius 3 is 2.70 bits per heavy atom. The van der Waals surface area contributed by atoms with Gasteiger partial charge in [-0.2, -0.15) is 0 Å². The summed E-state index contributed by atoms with van der Waals surface area (Å²) in [6.45, 7) is 0.613. The highest BCUT2D eigenvalue weighted by molar-refractivity contribution is 7.99. The lowest BCUT2D eigenvalue weighted by molar-refractivity contribution is 0.0949. The maximum absolute atomic E-state index is 12.8. The molecule has 23 heavy (non-hydrogen) atoms. The molecule has 0 saturated carbocycles. The molecule has 0 aliphatic heterocycles. The monoisotopic (exact) mass is 328 g/mol. The molecule has 3 aromatic rings. The van der Waals surface area contributed by atoms with Crippen LogP contribution in [-0.2, 0) is 0 Å². The largest absolute Gasteiger partial charge is 0.351 e. The van der Waals surface area contributed by atoms with E-state index in [0.717, 1.165) is 28.0 Å². The van der Waals surface area contributed by atoms with Crippen LogP contribution < -0.4 is 5.32 Å². The number of aromatic amines is 1. The first kappa shape index (κ1) is 15.6. The van der Waals surface area contributed by atoms with Gasteiger partial charge in [-0.1, -0.05) is 18.2 Å². The molecule has 118 valence electrons. The smallest absolute Gasteiger partial charge is 0.267 e. The zero-order valence-electron chi connectivity index (χ0n) is 12.5. The van der Waals surface area contributed by atoms with Gasteiger partial charge in [-0.3, -0.25) is 4.79 Å². The molecule has 0 saturated heterocycles. The maximum atomic E-state index is 12.8. The van der Waals surface area contributed by atoms with Crippen molar-refractivity contribution in [2.24, 2.45) is 0 Å². The summed E-state index contributed by atoms with van der Waals surface area (Å²) in [6, 6.07) is 16.1. The number of para-hydroxylation sites is 1. The summed E-state index contributed by atoms with van der Waals surface area (Å²) in [4.78, 5) is 16.2. The third-order valence-electron chi connectivity index (χ3n) is 3.46. The minimum absolute atomic E-state index is 0.0898. The van der Waals surface area contributed by atoms with Crippen molar-refractivity contribution in [2.75, 3.05) is 12.3 Å². The van der Waals surface area contributed by atoms with Gasteiger partial charge in [0.25, 0.3) is 5.91 Å². The van der Waals surface area contributed by atoms with Crippen molar-refractivity contribution in [3.8, 4) is 0 Å². The zero-order chi connectivity index (χ0) is 16.1. The van der Waals surface area contributed by atoms with E-state index in [1.54, 1.807) is 23.9 Å². The Kier molecular flexibility index (Phi) is 4.98. The average Bonchev–Trinajstić information content (AvgIpc) is 3.00. The first-order valence-corrected chi connectivity index (χ1v) is 8.45. The SMILES string of the molecule is O=C(NCCCSc1ccc(F)cc1)c1cc2ccccc2[nH]1. The number of halogens is 1. The van der Waals surface area contributed by atoms with E-state index in [2.05, 4.69) is 10.3 Å². The highest BCUT2D eigenvalue weighted by atomic mass is 32.2. The quantitative estimate of drug-likeness (QED) is 0.526. The van der Waals surface area contributed by atoms with Crippen LogP contribution in [0.4, 0.5) is 4.39 Å². The summed E-state index contributed by atoms with van der Waals surface area (Å²) < 4.78 is 12.8. The number of hydrogen-bond acceptors (Lipinski definition) is 2. The van der Waals surface area contributed by atoms with Gasteiger partial charge in [0.15, 0.2) is 0 Å². The Bertz CT molecular complexity index is 765. The summed E-state index contributed by atoms with van der Waals surface area (Å²) in [7, 11) is 0. The Labute approximate surface area is 138 Å². The van der Waals surface area contributed by atoms with Crippen LogP contribution in [-0.4, -0.2) is 23.2 Å². The second-order valence-corrected chi connectivity index (χ2v) is 6.35. The average molecular weight is 328 g/mol. The molecule has 0 spiro atoms. The minimum Gasteiger partial charge on any atom is -0.351 e. The third-order valence-corrected chi connectivity index (χ3v) is 4.56. The van der Waals surface area contributed by atoms with Gasteiger partial charge in [0.1, 0.15) is 11.5 Å². The first-order valence-electron chi connectivity index (χ1n) is 7.47. The van der Waals surface area contributed by atoms with Gasteiger partial charge >= 0.3 is 0 Å². The Balaban J connectivity index is 1.43. The van der Waals surface area contributed by atoms with E-state index in [1.165, 1.54) is 12.1 Å². The molecule has 5 heteroatoms. The van der Waals surface area contributed by atoms with E-state index < -0.39 is 0 Å². The van der Waals surface area contributed by atoms with Crippen molar-refractivity contribution in [1.82, 2.24) is 10.3 Å². The predicted octanol–water partition coefficient (Wildman–Crippen LogP) is 4.22. The van der Waals surface area contributed by atoms with E-state index >= 15 is 0 Å². The van der Waals surface area contributed by atoms with Crippen molar-refractivity contribution < 1.29 is 9.18 Å². The Hall–Kier alpha value is -2.27. The van der Waals surface area contributed by atoms with Crippen LogP contribution in [0.5, 0.6) is 0 Å². The summed E-state index contributed by atoms with van der Waals surface area (Å²) in [6.07, 6.45) is 0.855. The van der Waals surface area contributed by atoms with Crippen LogP contribution in [0.1, 0.15) is 16.9 Å². The number of nitrogens with one attached hydrogen (secondary N) is 2. The van der Waals surface area contributed by atoms with E-state index in [-0.39, 0.29) is 11.7 Å². The minimum atomic E-state index is -0.222. The van der Waals surface area contributed by atoms with Gasteiger partial charge < -0.3 is 10.3 Å². The lowest BCUT2D eigenvalue weighted by Gasteiger charge is -2.04. The summed E-state index contributed by atoms with van der Waals surface area (Å²) in [5.41, 5.74) is 1.54. The lowest BCUT2D eigenvalue weighted by atomic mass is 10.2. The fraction of sp³-hybridized carbons (Fsp3) is 0.167. The third kappa shape index (κ3) is 4.13. The second kappa shape index (κ2) is 7.33. The molecule has 0 atom stereocenters. The molecule has 2 aromatic carbocycles. The molecule has 0 fully saturated rings. The van der Waals surface area contributed by atoms with Crippen LogP contribution >= 0.6 is 11.8 Å². The fourth-order valence-electron chi connectivity index (χ4n) is 2.29. The standard InChI is InChI=1S/C18H17FN2OS/c19-14-6-8-15(9-7-14)23-11-3-10-20-18(22)17-12-13-4-1-2-5-16(13)21-17/h1-2,4-9,12,21H,3,10-11H2,(H,20,22). The zero-order valence-corrected chi connectivity index (χ0v) is 13.3. The van der Waals surface area contributed by atoms with Crippen LogP contribution in [0.3, 0.4) is 0 Å². The van der Waals surface area contributed by atoms with Gasteiger partial charge in [-0.25, -0.2) is 4.39 Å².